The van der Waals surface area contributed by atoms with Crippen molar-refractivity contribution in [2.24, 2.45) is 0 Å². The maximum atomic E-state index is 12.5. The van der Waals surface area contributed by atoms with E-state index in [2.05, 4.69) is 10.3 Å². The number of fused-ring (bicyclic) bond motifs is 1. The molecule has 3 aromatic rings. The van der Waals surface area contributed by atoms with Gasteiger partial charge in [-0.2, -0.15) is 0 Å². The maximum Gasteiger partial charge on any atom is 0.259 e. The van der Waals surface area contributed by atoms with E-state index in [-0.39, 0.29) is 11.3 Å². The highest BCUT2D eigenvalue weighted by atomic mass is 16.5. The van der Waals surface area contributed by atoms with Gasteiger partial charge in [-0.3, -0.25) is 4.79 Å². The maximum absolute atomic E-state index is 12.5. The fraction of sp³-hybridized carbons (Fsp3) is 0.263. The van der Waals surface area contributed by atoms with E-state index in [1.54, 1.807) is 37.4 Å². The van der Waals surface area contributed by atoms with Crippen LogP contribution in [0.3, 0.4) is 0 Å². The summed E-state index contributed by atoms with van der Waals surface area (Å²) in [4.78, 5) is 17.0. The van der Waals surface area contributed by atoms with Crippen molar-refractivity contribution in [3.8, 4) is 5.75 Å². The van der Waals surface area contributed by atoms with E-state index in [1.807, 2.05) is 32.9 Å². The molecule has 0 spiro atoms. The molecule has 0 fully saturated rings. The average Bonchev–Trinajstić information content (AvgIpc) is 2.98. The Kier molecular flexibility index (Phi) is 4.01. The zero-order valence-electron chi connectivity index (χ0n) is 14.2. The number of aromatic nitrogens is 1. The molecule has 24 heavy (non-hydrogen) atoms. The summed E-state index contributed by atoms with van der Waals surface area (Å²) in [5.74, 6) is 0.976. The van der Waals surface area contributed by atoms with Crippen molar-refractivity contribution < 1.29 is 13.9 Å². The molecule has 2 aromatic carbocycles. The molecule has 1 heterocycles. The average molecular weight is 324 g/mol. The largest absolute Gasteiger partial charge is 0.496 e. The zero-order valence-corrected chi connectivity index (χ0v) is 14.2. The highest BCUT2D eigenvalue weighted by Crippen LogP contribution is 2.27. The van der Waals surface area contributed by atoms with E-state index in [1.165, 1.54) is 0 Å². The summed E-state index contributed by atoms with van der Waals surface area (Å²) in [6.07, 6.45) is 0. The molecule has 1 amide bonds. The molecule has 1 N–H and O–H groups in total. The molecule has 0 aliphatic rings. The van der Waals surface area contributed by atoms with Crippen molar-refractivity contribution >= 4 is 22.7 Å². The number of anilines is 1. The zero-order chi connectivity index (χ0) is 17.3. The van der Waals surface area contributed by atoms with Gasteiger partial charge in [-0.05, 0) is 30.3 Å². The van der Waals surface area contributed by atoms with E-state index >= 15 is 0 Å². The first kappa shape index (κ1) is 16.1. The summed E-state index contributed by atoms with van der Waals surface area (Å²) < 4.78 is 11.0. The third-order valence-electron chi connectivity index (χ3n) is 3.64. The topological polar surface area (TPSA) is 64.4 Å². The molecular formula is C19H20N2O3. The Morgan fingerprint density at radius 1 is 1.17 bits per heavy atom. The van der Waals surface area contributed by atoms with Crippen LogP contribution in [0.5, 0.6) is 5.75 Å². The molecule has 0 aliphatic heterocycles. The molecule has 0 saturated heterocycles. The van der Waals surface area contributed by atoms with Crippen LogP contribution in [0.15, 0.2) is 46.9 Å². The number of ether oxygens (including phenoxy) is 1. The number of nitrogens with zero attached hydrogens (tertiary/aromatic N) is 1. The minimum atomic E-state index is -0.230. The van der Waals surface area contributed by atoms with Gasteiger partial charge in [0.1, 0.15) is 11.3 Å². The van der Waals surface area contributed by atoms with Gasteiger partial charge >= 0.3 is 0 Å². The van der Waals surface area contributed by atoms with Gasteiger partial charge in [-0.25, -0.2) is 4.98 Å². The monoisotopic (exact) mass is 324 g/mol. The van der Waals surface area contributed by atoms with Crippen molar-refractivity contribution in [1.82, 2.24) is 4.98 Å². The lowest BCUT2D eigenvalue weighted by molar-refractivity contribution is 0.102. The normalized spacial score (nSPS) is 11.5. The van der Waals surface area contributed by atoms with Crippen LogP contribution in [0.25, 0.3) is 11.1 Å². The number of amides is 1. The summed E-state index contributed by atoms with van der Waals surface area (Å²) in [6.45, 7) is 6.13. The summed E-state index contributed by atoms with van der Waals surface area (Å²) in [7, 11) is 1.54. The predicted molar refractivity (Wildman–Crippen MR) is 93.7 cm³/mol. The molecule has 5 nitrogen and oxygen atoms in total. The third-order valence-corrected chi connectivity index (χ3v) is 3.64. The fourth-order valence-corrected chi connectivity index (χ4v) is 2.36. The van der Waals surface area contributed by atoms with Crippen LogP contribution in [0, 0.1) is 0 Å². The second-order valence-corrected chi connectivity index (χ2v) is 6.61. The Hall–Kier alpha value is -2.82. The molecule has 0 unspecified atom stereocenters. The summed E-state index contributed by atoms with van der Waals surface area (Å²) in [6, 6.07) is 12.5. The van der Waals surface area contributed by atoms with Crippen LogP contribution in [0.2, 0.25) is 0 Å². The van der Waals surface area contributed by atoms with Crippen molar-refractivity contribution in [2.75, 3.05) is 12.4 Å². The van der Waals surface area contributed by atoms with Crippen LogP contribution >= 0.6 is 0 Å². The molecule has 5 heteroatoms. The van der Waals surface area contributed by atoms with Gasteiger partial charge in [0.05, 0.1) is 12.7 Å². The number of nitrogens with one attached hydrogen (secondary N) is 1. The predicted octanol–water partition coefficient (Wildman–Crippen LogP) is 4.39. The van der Waals surface area contributed by atoms with Gasteiger partial charge in [0, 0.05) is 11.1 Å². The fourth-order valence-electron chi connectivity index (χ4n) is 2.36. The van der Waals surface area contributed by atoms with Crippen LogP contribution in [-0.4, -0.2) is 18.0 Å². The van der Waals surface area contributed by atoms with E-state index in [4.69, 9.17) is 9.15 Å². The Balaban J connectivity index is 1.89. The quantitative estimate of drug-likeness (QED) is 0.776. The van der Waals surface area contributed by atoms with E-state index in [0.717, 1.165) is 5.52 Å². The van der Waals surface area contributed by atoms with Crippen molar-refractivity contribution in [2.45, 2.75) is 26.2 Å². The number of rotatable bonds is 3. The molecular weight excluding hydrogens is 304 g/mol. The van der Waals surface area contributed by atoms with Gasteiger partial charge in [-0.15, -0.1) is 0 Å². The van der Waals surface area contributed by atoms with E-state index in [0.29, 0.717) is 28.5 Å². The molecule has 3 rings (SSSR count). The summed E-state index contributed by atoms with van der Waals surface area (Å²) in [5.41, 5.74) is 2.40. The standard InChI is InChI=1S/C19H20N2O3/c1-19(2,3)18-21-14-11-12(9-10-16(14)24-18)20-17(22)13-7-5-6-8-15(13)23-4/h5-11H,1-4H3,(H,20,22). The summed E-state index contributed by atoms with van der Waals surface area (Å²) >= 11 is 0. The second-order valence-electron chi connectivity index (χ2n) is 6.61. The molecule has 0 atom stereocenters. The summed E-state index contributed by atoms with van der Waals surface area (Å²) in [5, 5.41) is 2.87. The van der Waals surface area contributed by atoms with Crippen molar-refractivity contribution in [1.29, 1.82) is 0 Å². The number of carbonyl (C=O) groups excluding carboxylic acids is 1. The highest BCUT2D eigenvalue weighted by Gasteiger charge is 2.21. The van der Waals surface area contributed by atoms with Crippen LogP contribution < -0.4 is 10.1 Å². The lowest BCUT2D eigenvalue weighted by Crippen LogP contribution is -2.13. The molecule has 0 bridgehead atoms. The van der Waals surface area contributed by atoms with E-state index in [9.17, 15) is 4.79 Å². The Bertz CT molecular complexity index is 891. The van der Waals surface area contributed by atoms with Gasteiger partial charge in [0.2, 0.25) is 5.89 Å². The molecule has 0 saturated carbocycles. The Labute approximate surface area is 140 Å². The van der Waals surface area contributed by atoms with Gasteiger partial charge in [-0.1, -0.05) is 32.9 Å². The van der Waals surface area contributed by atoms with Crippen LogP contribution in [0.1, 0.15) is 37.0 Å². The highest BCUT2D eigenvalue weighted by molar-refractivity contribution is 6.06. The van der Waals surface area contributed by atoms with Gasteiger partial charge in [0.25, 0.3) is 5.91 Å². The minimum Gasteiger partial charge on any atom is -0.496 e. The smallest absolute Gasteiger partial charge is 0.259 e. The molecule has 0 radical (unpaired) electrons. The van der Waals surface area contributed by atoms with E-state index < -0.39 is 0 Å². The van der Waals surface area contributed by atoms with Crippen molar-refractivity contribution in [3.63, 3.8) is 0 Å². The minimum absolute atomic E-state index is 0.167. The second kappa shape index (κ2) is 6.00. The van der Waals surface area contributed by atoms with Gasteiger partial charge < -0.3 is 14.5 Å². The molecule has 124 valence electrons. The van der Waals surface area contributed by atoms with Crippen LogP contribution in [0.4, 0.5) is 5.69 Å². The van der Waals surface area contributed by atoms with Crippen LogP contribution in [-0.2, 0) is 5.41 Å². The Morgan fingerprint density at radius 2 is 1.92 bits per heavy atom. The first-order valence-corrected chi connectivity index (χ1v) is 7.74. The molecule has 0 aliphatic carbocycles. The lowest BCUT2D eigenvalue weighted by Gasteiger charge is -2.11. The lowest BCUT2D eigenvalue weighted by atomic mass is 9.97. The number of hydrogen-bond acceptors (Lipinski definition) is 4. The van der Waals surface area contributed by atoms with Gasteiger partial charge in [0.15, 0.2) is 5.58 Å². The number of benzene rings is 2. The first-order valence-electron chi connectivity index (χ1n) is 7.74. The SMILES string of the molecule is COc1ccccc1C(=O)Nc1ccc2oc(C(C)(C)C)nc2c1. The Morgan fingerprint density at radius 3 is 2.62 bits per heavy atom. The number of carbonyl (C=O) groups is 1. The third kappa shape index (κ3) is 3.11. The molecule has 1 aromatic heterocycles. The number of hydrogen-bond donors (Lipinski definition) is 1. The number of methoxy groups -OCH3 is 1. The first-order chi connectivity index (χ1) is 11.4. The number of para-hydroxylation sites is 1. The number of oxazole rings is 1. The van der Waals surface area contributed by atoms with Crippen molar-refractivity contribution in [3.05, 3.63) is 53.9 Å².